The minimum absolute atomic E-state index is 0.0516. The predicted octanol–water partition coefficient (Wildman–Crippen LogP) is 4.75. The maximum Gasteiger partial charge on any atom is 0.254 e. The van der Waals surface area contributed by atoms with Crippen LogP contribution < -0.4 is 9.47 Å². The number of carbonyl (C=O) groups is 1. The first-order chi connectivity index (χ1) is 14.4. The molecule has 2 heterocycles. The zero-order valence-corrected chi connectivity index (χ0v) is 18.8. The van der Waals surface area contributed by atoms with E-state index in [4.69, 9.17) is 32.7 Å². The third-order valence-corrected chi connectivity index (χ3v) is 7.00. The molecule has 160 valence electrons. The zero-order valence-electron chi connectivity index (χ0n) is 17.3. The first kappa shape index (κ1) is 21.3. The van der Waals surface area contributed by atoms with Crippen LogP contribution in [0.5, 0.6) is 11.5 Å². The molecule has 0 aliphatic carbocycles. The molecule has 2 aromatic rings. The molecule has 2 fully saturated rings. The highest BCUT2D eigenvalue weighted by molar-refractivity contribution is 6.42. The smallest absolute Gasteiger partial charge is 0.254 e. The van der Waals surface area contributed by atoms with Gasteiger partial charge in [0.1, 0.15) is 0 Å². The number of halogens is 2. The number of rotatable bonds is 5. The zero-order chi connectivity index (χ0) is 21.3. The number of methoxy groups -OCH3 is 2. The fourth-order valence-electron chi connectivity index (χ4n) is 4.65. The summed E-state index contributed by atoms with van der Waals surface area (Å²) in [5.74, 6) is 1.25. The molecule has 1 atom stereocenters. The summed E-state index contributed by atoms with van der Waals surface area (Å²) in [5.41, 5.74) is 1.97. The van der Waals surface area contributed by atoms with E-state index >= 15 is 0 Å². The van der Waals surface area contributed by atoms with Crippen molar-refractivity contribution in [2.75, 3.05) is 40.4 Å². The third-order valence-electron chi connectivity index (χ3n) is 6.26. The molecule has 0 bridgehead atoms. The van der Waals surface area contributed by atoms with Gasteiger partial charge < -0.3 is 14.4 Å². The number of hydrogen-bond acceptors (Lipinski definition) is 4. The molecule has 0 N–H and O–H groups in total. The van der Waals surface area contributed by atoms with Gasteiger partial charge in [0.15, 0.2) is 11.5 Å². The molecule has 5 nitrogen and oxygen atoms in total. The lowest BCUT2D eigenvalue weighted by Gasteiger charge is -2.25. The fourth-order valence-corrected chi connectivity index (χ4v) is 4.97. The normalized spacial score (nSPS) is 21.4. The Bertz CT molecular complexity index is 952. The monoisotopic (exact) mass is 448 g/mol. The lowest BCUT2D eigenvalue weighted by molar-refractivity contribution is 0.0772. The van der Waals surface area contributed by atoms with Gasteiger partial charge in [-0.25, -0.2) is 0 Å². The second kappa shape index (κ2) is 8.66. The van der Waals surface area contributed by atoms with E-state index in [0.717, 1.165) is 51.1 Å². The van der Waals surface area contributed by atoms with Gasteiger partial charge in [0.05, 0.1) is 24.3 Å². The Labute approximate surface area is 187 Å². The molecular weight excluding hydrogens is 423 g/mol. The van der Waals surface area contributed by atoms with Crippen molar-refractivity contribution in [3.8, 4) is 11.5 Å². The summed E-state index contributed by atoms with van der Waals surface area (Å²) in [4.78, 5) is 17.5. The molecule has 1 amide bonds. The maximum absolute atomic E-state index is 13.1. The molecule has 2 aliphatic rings. The van der Waals surface area contributed by atoms with Crippen molar-refractivity contribution in [2.45, 2.75) is 19.4 Å². The van der Waals surface area contributed by atoms with Crippen LogP contribution in [0.2, 0.25) is 10.0 Å². The van der Waals surface area contributed by atoms with Gasteiger partial charge in [0, 0.05) is 37.2 Å². The maximum atomic E-state index is 13.1. The number of hydrogen-bond donors (Lipinski definition) is 0. The Kier molecular flexibility index (Phi) is 6.14. The van der Waals surface area contributed by atoms with Crippen LogP contribution in [-0.2, 0) is 6.54 Å². The molecule has 1 spiro atoms. The summed E-state index contributed by atoms with van der Waals surface area (Å²) in [6.07, 6.45) is 2.13. The minimum atomic E-state index is 0.0516. The summed E-state index contributed by atoms with van der Waals surface area (Å²) in [6, 6.07) is 11.2. The number of ether oxygens (including phenoxy) is 2. The average molecular weight is 449 g/mol. The molecule has 30 heavy (non-hydrogen) atoms. The van der Waals surface area contributed by atoms with Gasteiger partial charge in [-0.1, -0.05) is 29.3 Å². The Morgan fingerprint density at radius 3 is 2.47 bits per heavy atom. The fraction of sp³-hybridized carbons (Fsp3) is 0.435. The van der Waals surface area contributed by atoms with Gasteiger partial charge in [-0.2, -0.15) is 0 Å². The second-order valence-corrected chi connectivity index (χ2v) is 9.07. The number of likely N-dealkylation sites (tertiary alicyclic amines) is 2. The van der Waals surface area contributed by atoms with Crippen molar-refractivity contribution in [1.29, 1.82) is 0 Å². The third kappa shape index (κ3) is 4.25. The van der Waals surface area contributed by atoms with Crippen LogP contribution in [0.1, 0.15) is 28.8 Å². The Hall–Kier alpha value is -1.95. The Balaban J connectivity index is 1.40. The molecule has 2 aromatic carbocycles. The van der Waals surface area contributed by atoms with E-state index < -0.39 is 0 Å². The van der Waals surface area contributed by atoms with Crippen LogP contribution in [0.4, 0.5) is 0 Å². The first-order valence-electron chi connectivity index (χ1n) is 10.1. The molecule has 2 aliphatic heterocycles. The van der Waals surface area contributed by atoms with E-state index in [1.54, 1.807) is 32.4 Å². The van der Waals surface area contributed by atoms with Crippen molar-refractivity contribution in [1.82, 2.24) is 9.80 Å². The van der Waals surface area contributed by atoms with E-state index in [1.165, 1.54) is 0 Å². The van der Waals surface area contributed by atoms with Crippen molar-refractivity contribution in [3.63, 3.8) is 0 Å². The van der Waals surface area contributed by atoms with Gasteiger partial charge in [-0.3, -0.25) is 9.69 Å². The van der Waals surface area contributed by atoms with E-state index in [-0.39, 0.29) is 11.3 Å². The SMILES string of the molecule is COc1ccc(C(=O)N2CCC3(CCN(Cc4ccc(Cl)c(Cl)c4)C3)C2)cc1OC. The van der Waals surface area contributed by atoms with Crippen LogP contribution in [0.3, 0.4) is 0 Å². The molecule has 0 aromatic heterocycles. The van der Waals surface area contributed by atoms with E-state index in [1.807, 2.05) is 23.1 Å². The van der Waals surface area contributed by atoms with Crippen molar-refractivity contribution in [3.05, 3.63) is 57.6 Å². The molecule has 7 heteroatoms. The van der Waals surface area contributed by atoms with Crippen LogP contribution >= 0.6 is 23.2 Å². The summed E-state index contributed by atoms with van der Waals surface area (Å²) in [6.45, 7) is 4.44. The van der Waals surface area contributed by atoms with Gasteiger partial charge in [0.25, 0.3) is 5.91 Å². The lowest BCUT2D eigenvalue weighted by atomic mass is 9.86. The van der Waals surface area contributed by atoms with Crippen LogP contribution in [0.25, 0.3) is 0 Å². The van der Waals surface area contributed by atoms with Crippen molar-refractivity contribution >= 4 is 29.1 Å². The molecule has 1 unspecified atom stereocenters. The van der Waals surface area contributed by atoms with Crippen molar-refractivity contribution < 1.29 is 14.3 Å². The number of nitrogens with zero attached hydrogens (tertiary/aromatic N) is 2. The molecule has 4 rings (SSSR count). The largest absolute Gasteiger partial charge is 0.493 e. The molecule has 2 saturated heterocycles. The number of amides is 1. The van der Waals surface area contributed by atoms with Gasteiger partial charge in [-0.15, -0.1) is 0 Å². The number of carbonyl (C=O) groups excluding carboxylic acids is 1. The van der Waals surface area contributed by atoms with E-state index in [2.05, 4.69) is 4.90 Å². The molecule has 0 saturated carbocycles. The van der Waals surface area contributed by atoms with Crippen LogP contribution in [0, 0.1) is 5.41 Å². The average Bonchev–Trinajstić information content (AvgIpc) is 3.36. The molecule has 0 radical (unpaired) electrons. The van der Waals surface area contributed by atoms with E-state index in [0.29, 0.717) is 27.1 Å². The topological polar surface area (TPSA) is 42.0 Å². The summed E-state index contributed by atoms with van der Waals surface area (Å²) >= 11 is 12.2. The molecular formula is C23H26Cl2N2O3. The minimum Gasteiger partial charge on any atom is -0.493 e. The highest BCUT2D eigenvalue weighted by Crippen LogP contribution is 2.41. The van der Waals surface area contributed by atoms with Crippen LogP contribution in [-0.4, -0.2) is 56.1 Å². The van der Waals surface area contributed by atoms with Gasteiger partial charge in [0.2, 0.25) is 0 Å². The van der Waals surface area contributed by atoms with E-state index in [9.17, 15) is 4.79 Å². The summed E-state index contributed by atoms with van der Waals surface area (Å²) in [7, 11) is 3.17. The Morgan fingerprint density at radius 2 is 1.73 bits per heavy atom. The quantitative estimate of drug-likeness (QED) is 0.661. The van der Waals surface area contributed by atoms with Crippen LogP contribution in [0.15, 0.2) is 36.4 Å². The second-order valence-electron chi connectivity index (χ2n) is 8.26. The lowest BCUT2D eigenvalue weighted by Crippen LogP contribution is -2.34. The van der Waals surface area contributed by atoms with Crippen molar-refractivity contribution in [2.24, 2.45) is 5.41 Å². The van der Waals surface area contributed by atoms with Gasteiger partial charge in [-0.05, 0) is 55.3 Å². The first-order valence-corrected chi connectivity index (χ1v) is 10.9. The highest BCUT2D eigenvalue weighted by atomic mass is 35.5. The summed E-state index contributed by atoms with van der Waals surface area (Å²) in [5, 5.41) is 1.18. The highest BCUT2D eigenvalue weighted by Gasteiger charge is 2.44. The van der Waals surface area contributed by atoms with Gasteiger partial charge >= 0.3 is 0 Å². The Morgan fingerprint density at radius 1 is 0.967 bits per heavy atom. The number of benzene rings is 2. The predicted molar refractivity (Wildman–Crippen MR) is 119 cm³/mol. The standard InChI is InChI=1S/C23H26Cl2N2O3/c1-29-20-6-4-17(12-21(20)30-2)22(28)27-10-8-23(15-27)7-9-26(14-23)13-16-3-5-18(24)19(25)11-16/h3-6,11-12H,7-10,13-15H2,1-2H3. The summed E-state index contributed by atoms with van der Waals surface area (Å²) < 4.78 is 10.6.